The minimum Gasteiger partial charge on any atom is -0.370 e. The van der Waals surface area contributed by atoms with Crippen LogP contribution in [-0.2, 0) is 10.3 Å². The lowest BCUT2D eigenvalue weighted by Crippen LogP contribution is -2.40. The highest BCUT2D eigenvalue weighted by Crippen LogP contribution is 2.30. The van der Waals surface area contributed by atoms with Gasteiger partial charge in [0.15, 0.2) is 0 Å². The Kier molecular flexibility index (Phi) is 3.34. The van der Waals surface area contributed by atoms with Gasteiger partial charge in [0.2, 0.25) is 5.91 Å². The number of rotatable bonds is 4. The predicted octanol–water partition coefficient (Wildman–Crippen LogP) is 2.15. The third-order valence-corrected chi connectivity index (χ3v) is 3.46. The van der Waals surface area contributed by atoms with E-state index in [1.54, 1.807) is 0 Å². The molecule has 1 atom stereocenters. The Morgan fingerprint density at radius 3 is 2.56 bits per heavy atom. The fourth-order valence-electron chi connectivity index (χ4n) is 2.37. The minimum absolute atomic E-state index is 0.275. The van der Waals surface area contributed by atoms with Crippen molar-refractivity contribution in [3.05, 3.63) is 48.0 Å². The molecule has 0 radical (unpaired) electrons. The van der Waals surface area contributed by atoms with Crippen LogP contribution in [0.3, 0.4) is 0 Å². The molecule has 2 aromatic rings. The Bertz CT molecular complexity index is 574. The van der Waals surface area contributed by atoms with E-state index in [2.05, 4.69) is 23.5 Å². The molecule has 18 heavy (non-hydrogen) atoms. The highest BCUT2D eigenvalue weighted by atomic mass is 16.1. The molecule has 2 rings (SSSR count). The van der Waals surface area contributed by atoms with Crippen molar-refractivity contribution in [3.8, 4) is 0 Å². The maximum atomic E-state index is 11.3. The van der Waals surface area contributed by atoms with E-state index in [0.29, 0.717) is 0 Å². The molecule has 1 amide bonds. The normalized spacial score (nSPS) is 14.3. The number of fused-ring (bicyclic) bond motifs is 1. The van der Waals surface area contributed by atoms with E-state index in [0.717, 1.165) is 10.9 Å². The first kappa shape index (κ1) is 12.6. The average molecular weight is 242 g/mol. The molecule has 0 aliphatic rings. The van der Waals surface area contributed by atoms with Crippen LogP contribution in [0.5, 0.6) is 0 Å². The smallest absolute Gasteiger partial charge is 0.219 e. The molecule has 0 aliphatic carbocycles. The van der Waals surface area contributed by atoms with Crippen LogP contribution in [-0.4, -0.2) is 13.0 Å². The van der Waals surface area contributed by atoms with Crippen LogP contribution in [0.15, 0.2) is 42.5 Å². The number of amides is 1. The van der Waals surface area contributed by atoms with Gasteiger partial charge in [-0.25, -0.2) is 0 Å². The molecule has 0 aliphatic heterocycles. The summed E-state index contributed by atoms with van der Waals surface area (Å²) in [6, 6.07) is 14.3. The minimum atomic E-state index is -0.438. The molecule has 3 N–H and O–H groups in total. The summed E-state index contributed by atoms with van der Waals surface area (Å²) in [4.78, 5) is 11.3. The summed E-state index contributed by atoms with van der Waals surface area (Å²) in [6.07, 6.45) is 0.275. The number of benzene rings is 2. The van der Waals surface area contributed by atoms with E-state index in [1.165, 1.54) is 5.39 Å². The van der Waals surface area contributed by atoms with Crippen LogP contribution in [0.25, 0.3) is 10.8 Å². The monoisotopic (exact) mass is 242 g/mol. The van der Waals surface area contributed by atoms with Crippen molar-refractivity contribution in [2.75, 3.05) is 7.05 Å². The predicted molar refractivity (Wildman–Crippen MR) is 74.2 cm³/mol. The third-order valence-electron chi connectivity index (χ3n) is 3.46. The molecule has 3 heteroatoms. The summed E-state index contributed by atoms with van der Waals surface area (Å²) in [5, 5.41) is 5.54. The second kappa shape index (κ2) is 4.78. The third kappa shape index (κ3) is 2.22. The van der Waals surface area contributed by atoms with Crippen LogP contribution in [0, 0.1) is 0 Å². The Morgan fingerprint density at radius 1 is 1.22 bits per heavy atom. The molecular formula is C15H18N2O. The topological polar surface area (TPSA) is 55.1 Å². The zero-order valence-corrected chi connectivity index (χ0v) is 10.7. The van der Waals surface area contributed by atoms with Gasteiger partial charge in [0.1, 0.15) is 0 Å². The number of carbonyl (C=O) groups is 1. The number of hydrogen-bond acceptors (Lipinski definition) is 2. The molecule has 0 aromatic heterocycles. The Morgan fingerprint density at radius 2 is 1.89 bits per heavy atom. The summed E-state index contributed by atoms with van der Waals surface area (Å²) in [7, 11) is 1.85. The van der Waals surface area contributed by atoms with Gasteiger partial charge in [0, 0.05) is 12.0 Å². The first-order valence-corrected chi connectivity index (χ1v) is 6.02. The first-order chi connectivity index (χ1) is 8.57. The van der Waals surface area contributed by atoms with E-state index in [-0.39, 0.29) is 12.3 Å². The summed E-state index contributed by atoms with van der Waals surface area (Å²) in [5.41, 5.74) is 6.02. The van der Waals surface area contributed by atoms with Crippen LogP contribution in [0.4, 0.5) is 0 Å². The molecule has 1 unspecified atom stereocenters. The summed E-state index contributed by atoms with van der Waals surface area (Å²) in [6.45, 7) is 2.00. The van der Waals surface area contributed by atoms with Crippen molar-refractivity contribution >= 4 is 16.7 Å². The maximum Gasteiger partial charge on any atom is 0.219 e. The largest absolute Gasteiger partial charge is 0.370 e. The van der Waals surface area contributed by atoms with Crippen molar-refractivity contribution < 1.29 is 4.79 Å². The van der Waals surface area contributed by atoms with Gasteiger partial charge in [-0.3, -0.25) is 4.79 Å². The van der Waals surface area contributed by atoms with E-state index < -0.39 is 5.54 Å². The zero-order valence-electron chi connectivity index (χ0n) is 10.7. The molecule has 0 saturated heterocycles. The van der Waals surface area contributed by atoms with E-state index >= 15 is 0 Å². The SMILES string of the molecule is CNC(C)(CC(N)=O)c1cccc2ccccc12. The van der Waals surface area contributed by atoms with Gasteiger partial charge < -0.3 is 11.1 Å². The summed E-state index contributed by atoms with van der Waals surface area (Å²) < 4.78 is 0. The van der Waals surface area contributed by atoms with Crippen LogP contribution in [0.1, 0.15) is 18.9 Å². The molecule has 0 saturated carbocycles. The van der Waals surface area contributed by atoms with Gasteiger partial charge in [-0.1, -0.05) is 42.5 Å². The fraction of sp³-hybridized carbons (Fsp3) is 0.267. The van der Waals surface area contributed by atoms with Crippen molar-refractivity contribution in [1.29, 1.82) is 0 Å². The van der Waals surface area contributed by atoms with Gasteiger partial charge >= 0.3 is 0 Å². The molecular weight excluding hydrogens is 224 g/mol. The van der Waals surface area contributed by atoms with Crippen molar-refractivity contribution in [3.63, 3.8) is 0 Å². The van der Waals surface area contributed by atoms with Crippen molar-refractivity contribution in [1.82, 2.24) is 5.32 Å². The number of hydrogen-bond donors (Lipinski definition) is 2. The number of primary amides is 1. The van der Waals surface area contributed by atoms with Crippen LogP contribution < -0.4 is 11.1 Å². The van der Waals surface area contributed by atoms with Crippen LogP contribution >= 0.6 is 0 Å². The second-order valence-electron chi connectivity index (χ2n) is 4.75. The zero-order chi connectivity index (χ0) is 13.2. The fourth-order valence-corrected chi connectivity index (χ4v) is 2.37. The van der Waals surface area contributed by atoms with Gasteiger partial charge in [-0.2, -0.15) is 0 Å². The molecule has 0 fully saturated rings. The number of carbonyl (C=O) groups excluding carboxylic acids is 1. The highest BCUT2D eigenvalue weighted by molar-refractivity contribution is 5.87. The molecule has 94 valence electrons. The summed E-state index contributed by atoms with van der Waals surface area (Å²) in [5.74, 6) is -0.306. The molecule has 0 heterocycles. The standard InChI is InChI=1S/C15H18N2O/c1-15(17-2,10-14(16)18)13-9-5-7-11-6-3-4-8-12(11)13/h3-9,17H,10H2,1-2H3,(H2,16,18). The Balaban J connectivity index is 2.61. The van der Waals surface area contributed by atoms with Gasteiger partial charge in [0.05, 0.1) is 0 Å². The lowest BCUT2D eigenvalue weighted by Gasteiger charge is -2.30. The highest BCUT2D eigenvalue weighted by Gasteiger charge is 2.28. The first-order valence-electron chi connectivity index (χ1n) is 6.02. The molecule has 0 spiro atoms. The number of nitrogens with two attached hydrogens (primary N) is 1. The Hall–Kier alpha value is -1.87. The lowest BCUT2D eigenvalue weighted by atomic mass is 9.85. The molecule has 0 bridgehead atoms. The quantitative estimate of drug-likeness (QED) is 0.863. The average Bonchev–Trinajstić information content (AvgIpc) is 2.37. The van der Waals surface area contributed by atoms with E-state index in [4.69, 9.17) is 5.73 Å². The van der Waals surface area contributed by atoms with Crippen molar-refractivity contribution in [2.24, 2.45) is 5.73 Å². The van der Waals surface area contributed by atoms with Gasteiger partial charge in [-0.15, -0.1) is 0 Å². The van der Waals surface area contributed by atoms with Gasteiger partial charge in [0.25, 0.3) is 0 Å². The summed E-state index contributed by atoms with van der Waals surface area (Å²) >= 11 is 0. The second-order valence-corrected chi connectivity index (χ2v) is 4.75. The number of nitrogens with one attached hydrogen (secondary N) is 1. The maximum absolute atomic E-state index is 11.3. The van der Waals surface area contributed by atoms with Crippen molar-refractivity contribution in [2.45, 2.75) is 18.9 Å². The molecule has 2 aromatic carbocycles. The lowest BCUT2D eigenvalue weighted by molar-refractivity contribution is -0.119. The van der Waals surface area contributed by atoms with Gasteiger partial charge in [-0.05, 0) is 30.3 Å². The molecule has 3 nitrogen and oxygen atoms in total. The Labute approximate surface area is 107 Å². The van der Waals surface area contributed by atoms with E-state index in [1.807, 2.05) is 38.2 Å². The van der Waals surface area contributed by atoms with E-state index in [9.17, 15) is 4.79 Å². The van der Waals surface area contributed by atoms with Crippen LogP contribution in [0.2, 0.25) is 0 Å².